The van der Waals surface area contributed by atoms with E-state index in [0.29, 0.717) is 6.04 Å². The zero-order valence-electron chi connectivity index (χ0n) is 9.96. The van der Waals surface area contributed by atoms with E-state index < -0.39 is 0 Å². The van der Waals surface area contributed by atoms with Crippen LogP contribution in [0.1, 0.15) is 51.7 Å². The highest BCUT2D eigenvalue weighted by molar-refractivity contribution is 4.97. The minimum Gasteiger partial charge on any atom is -0.468 e. The van der Waals surface area contributed by atoms with Crippen LogP contribution in [0.3, 0.4) is 0 Å². The van der Waals surface area contributed by atoms with Crippen molar-refractivity contribution < 1.29 is 4.42 Å². The van der Waals surface area contributed by atoms with Crippen molar-refractivity contribution in [3.63, 3.8) is 0 Å². The van der Waals surface area contributed by atoms with Crippen LogP contribution in [0.2, 0.25) is 0 Å². The Bertz CT molecular complexity index is 231. The molecule has 86 valence electrons. The first-order valence-electron chi connectivity index (χ1n) is 6.12. The van der Waals surface area contributed by atoms with E-state index >= 15 is 0 Å². The second-order valence-electron chi connectivity index (χ2n) is 4.09. The van der Waals surface area contributed by atoms with E-state index in [1.807, 2.05) is 12.1 Å². The molecule has 15 heavy (non-hydrogen) atoms. The summed E-state index contributed by atoms with van der Waals surface area (Å²) in [6.07, 6.45) is 8.13. The monoisotopic (exact) mass is 209 g/mol. The van der Waals surface area contributed by atoms with Gasteiger partial charge in [-0.3, -0.25) is 0 Å². The number of hydrogen-bond acceptors (Lipinski definition) is 2. The summed E-state index contributed by atoms with van der Waals surface area (Å²) >= 11 is 0. The van der Waals surface area contributed by atoms with E-state index in [4.69, 9.17) is 4.42 Å². The Kier molecular flexibility index (Phi) is 6.17. The molecule has 0 spiro atoms. The maximum absolute atomic E-state index is 5.30. The topological polar surface area (TPSA) is 25.2 Å². The molecule has 1 N–H and O–H groups in total. The van der Waals surface area contributed by atoms with Crippen molar-refractivity contribution in [2.24, 2.45) is 0 Å². The van der Waals surface area contributed by atoms with Gasteiger partial charge < -0.3 is 9.73 Å². The smallest absolute Gasteiger partial charge is 0.117 e. The average Bonchev–Trinajstić information content (AvgIpc) is 2.75. The summed E-state index contributed by atoms with van der Waals surface area (Å²) in [5.74, 6) is 1.03. The SMILES string of the molecule is CCCCC(CCC)NCc1ccco1. The first kappa shape index (κ1) is 12.3. The molecule has 0 amide bonds. The van der Waals surface area contributed by atoms with E-state index in [1.54, 1.807) is 6.26 Å². The second-order valence-corrected chi connectivity index (χ2v) is 4.09. The Morgan fingerprint density at radius 1 is 1.27 bits per heavy atom. The van der Waals surface area contributed by atoms with E-state index in [0.717, 1.165) is 12.3 Å². The lowest BCUT2D eigenvalue weighted by Gasteiger charge is -2.16. The Morgan fingerprint density at radius 2 is 2.13 bits per heavy atom. The molecule has 0 fully saturated rings. The molecule has 1 heterocycles. The minimum absolute atomic E-state index is 0.653. The van der Waals surface area contributed by atoms with Crippen LogP contribution in [0.15, 0.2) is 22.8 Å². The van der Waals surface area contributed by atoms with Gasteiger partial charge in [0.25, 0.3) is 0 Å². The molecule has 0 saturated heterocycles. The number of hydrogen-bond donors (Lipinski definition) is 1. The van der Waals surface area contributed by atoms with Gasteiger partial charge in [0, 0.05) is 6.04 Å². The fourth-order valence-electron chi connectivity index (χ4n) is 1.81. The lowest BCUT2D eigenvalue weighted by atomic mass is 10.1. The van der Waals surface area contributed by atoms with Gasteiger partial charge in [0.05, 0.1) is 12.8 Å². The highest BCUT2D eigenvalue weighted by Crippen LogP contribution is 2.08. The Morgan fingerprint density at radius 3 is 2.73 bits per heavy atom. The van der Waals surface area contributed by atoms with Crippen molar-refractivity contribution in [2.75, 3.05) is 0 Å². The Labute approximate surface area is 93.1 Å². The molecule has 1 rings (SSSR count). The van der Waals surface area contributed by atoms with E-state index in [9.17, 15) is 0 Å². The molecule has 0 bridgehead atoms. The van der Waals surface area contributed by atoms with Gasteiger partial charge in [0.2, 0.25) is 0 Å². The van der Waals surface area contributed by atoms with Crippen molar-refractivity contribution in [3.8, 4) is 0 Å². The Balaban J connectivity index is 2.24. The van der Waals surface area contributed by atoms with Gasteiger partial charge in [0.1, 0.15) is 5.76 Å². The van der Waals surface area contributed by atoms with Crippen LogP contribution in [-0.2, 0) is 6.54 Å². The first-order chi connectivity index (χ1) is 7.36. The number of unbranched alkanes of at least 4 members (excludes halogenated alkanes) is 1. The molecule has 0 aromatic carbocycles. The molecule has 2 nitrogen and oxygen atoms in total. The summed E-state index contributed by atoms with van der Waals surface area (Å²) in [7, 11) is 0. The highest BCUT2D eigenvalue weighted by Gasteiger charge is 2.06. The fourth-order valence-corrected chi connectivity index (χ4v) is 1.81. The van der Waals surface area contributed by atoms with Gasteiger partial charge in [-0.15, -0.1) is 0 Å². The summed E-state index contributed by atoms with van der Waals surface area (Å²) < 4.78 is 5.30. The van der Waals surface area contributed by atoms with Gasteiger partial charge in [0.15, 0.2) is 0 Å². The molecule has 1 unspecified atom stereocenters. The first-order valence-corrected chi connectivity index (χ1v) is 6.12. The number of nitrogens with one attached hydrogen (secondary N) is 1. The van der Waals surface area contributed by atoms with Crippen LogP contribution >= 0.6 is 0 Å². The van der Waals surface area contributed by atoms with Crippen LogP contribution in [-0.4, -0.2) is 6.04 Å². The predicted molar refractivity (Wildman–Crippen MR) is 63.8 cm³/mol. The van der Waals surface area contributed by atoms with Crippen molar-refractivity contribution >= 4 is 0 Å². The van der Waals surface area contributed by atoms with Crippen LogP contribution in [0.25, 0.3) is 0 Å². The summed E-state index contributed by atoms with van der Waals surface area (Å²) in [5, 5.41) is 3.56. The molecule has 0 radical (unpaired) electrons. The third-order valence-corrected chi connectivity index (χ3v) is 2.69. The number of rotatable bonds is 8. The quantitative estimate of drug-likeness (QED) is 0.705. The summed E-state index contributed by atoms with van der Waals surface area (Å²) in [6, 6.07) is 4.62. The molecule has 0 aliphatic carbocycles. The lowest BCUT2D eigenvalue weighted by Crippen LogP contribution is -2.28. The van der Waals surface area contributed by atoms with Crippen molar-refractivity contribution in [1.29, 1.82) is 0 Å². The highest BCUT2D eigenvalue weighted by atomic mass is 16.3. The largest absolute Gasteiger partial charge is 0.468 e. The van der Waals surface area contributed by atoms with E-state index in [2.05, 4.69) is 19.2 Å². The second kappa shape index (κ2) is 7.52. The summed E-state index contributed by atoms with van der Waals surface area (Å²) in [5.41, 5.74) is 0. The fraction of sp³-hybridized carbons (Fsp3) is 0.692. The molecule has 2 heteroatoms. The van der Waals surface area contributed by atoms with Crippen molar-refractivity contribution in [2.45, 2.75) is 58.5 Å². The maximum atomic E-state index is 5.30. The van der Waals surface area contributed by atoms with E-state index in [1.165, 1.54) is 32.1 Å². The van der Waals surface area contributed by atoms with Crippen LogP contribution in [0, 0.1) is 0 Å². The molecular formula is C13H23NO. The van der Waals surface area contributed by atoms with Gasteiger partial charge >= 0.3 is 0 Å². The zero-order valence-corrected chi connectivity index (χ0v) is 9.96. The summed E-state index contributed by atoms with van der Waals surface area (Å²) in [4.78, 5) is 0. The van der Waals surface area contributed by atoms with Crippen LogP contribution in [0.4, 0.5) is 0 Å². The zero-order chi connectivity index (χ0) is 10.9. The van der Waals surface area contributed by atoms with Gasteiger partial charge in [-0.1, -0.05) is 33.1 Å². The third kappa shape index (κ3) is 5.03. The normalized spacial score (nSPS) is 12.9. The van der Waals surface area contributed by atoms with E-state index in [-0.39, 0.29) is 0 Å². The van der Waals surface area contributed by atoms with Gasteiger partial charge in [-0.2, -0.15) is 0 Å². The van der Waals surface area contributed by atoms with Crippen molar-refractivity contribution in [3.05, 3.63) is 24.2 Å². The molecule has 1 atom stereocenters. The lowest BCUT2D eigenvalue weighted by molar-refractivity contribution is 0.402. The maximum Gasteiger partial charge on any atom is 0.117 e. The molecule has 0 aliphatic rings. The minimum atomic E-state index is 0.653. The van der Waals surface area contributed by atoms with Crippen LogP contribution < -0.4 is 5.32 Å². The van der Waals surface area contributed by atoms with Crippen molar-refractivity contribution in [1.82, 2.24) is 5.32 Å². The summed E-state index contributed by atoms with van der Waals surface area (Å²) in [6.45, 7) is 5.35. The molecule has 0 saturated carbocycles. The van der Waals surface area contributed by atoms with Crippen LogP contribution in [0.5, 0.6) is 0 Å². The molecule has 1 aromatic heterocycles. The predicted octanol–water partition coefficient (Wildman–Crippen LogP) is 3.73. The van der Waals surface area contributed by atoms with Gasteiger partial charge in [-0.25, -0.2) is 0 Å². The standard InChI is InChI=1S/C13H23NO/c1-3-5-8-12(7-4-2)14-11-13-9-6-10-15-13/h6,9-10,12,14H,3-5,7-8,11H2,1-2H3. The molecular weight excluding hydrogens is 186 g/mol. The molecule has 1 aromatic rings. The van der Waals surface area contributed by atoms with Gasteiger partial charge in [-0.05, 0) is 25.0 Å². The average molecular weight is 209 g/mol. The number of furan rings is 1. The third-order valence-electron chi connectivity index (χ3n) is 2.69. The Hall–Kier alpha value is -0.760. The molecule has 0 aliphatic heterocycles.